The molecule has 3 amide bonds. The Bertz CT molecular complexity index is 957. The molecule has 2 aromatic rings. The maximum absolute atomic E-state index is 13.2. The van der Waals surface area contributed by atoms with Crippen LogP contribution in [-0.4, -0.2) is 56.9 Å². The first-order chi connectivity index (χ1) is 14.5. The highest BCUT2D eigenvalue weighted by Gasteiger charge is 2.63. The number of carboxylic acid groups (broad SMARTS) is 1. The van der Waals surface area contributed by atoms with Gasteiger partial charge >= 0.3 is 12.1 Å². The van der Waals surface area contributed by atoms with Gasteiger partial charge in [-0.15, -0.1) is 0 Å². The van der Waals surface area contributed by atoms with Gasteiger partial charge in [-0.2, -0.15) is 5.06 Å². The molecule has 9 heteroatoms. The molecule has 1 aliphatic carbocycles. The fraction of sp³-hybridized carbons (Fsp3) is 0.476. The van der Waals surface area contributed by atoms with Crippen LogP contribution >= 0.6 is 0 Å². The maximum Gasteiger partial charge on any atom is 0.407 e. The third kappa shape index (κ3) is 3.19. The second kappa shape index (κ2) is 7.02. The number of hydroxylamine groups is 2. The van der Waals surface area contributed by atoms with E-state index in [1.165, 1.54) is 7.05 Å². The molecule has 5 rings (SSSR count). The molecular weight excluding hydrogens is 388 g/mol. The summed E-state index contributed by atoms with van der Waals surface area (Å²) in [5.41, 5.74) is 1.75. The monoisotopic (exact) mass is 412 g/mol. The maximum atomic E-state index is 13.2. The third-order valence-electron chi connectivity index (χ3n) is 6.51. The zero-order valence-electron chi connectivity index (χ0n) is 16.7. The largest absolute Gasteiger partial charge is 0.465 e. The van der Waals surface area contributed by atoms with Crippen LogP contribution in [0, 0.1) is 5.41 Å². The van der Waals surface area contributed by atoms with Gasteiger partial charge in [0.1, 0.15) is 12.3 Å². The average molecular weight is 412 g/mol. The average Bonchev–Trinajstić information content (AvgIpc) is 3.24. The molecule has 3 aliphatic rings. The van der Waals surface area contributed by atoms with Gasteiger partial charge in [-0.05, 0) is 30.2 Å². The Morgan fingerprint density at radius 1 is 1.37 bits per heavy atom. The zero-order chi connectivity index (χ0) is 20.9. The van der Waals surface area contributed by atoms with Crippen LogP contribution in [-0.2, 0) is 18.0 Å². The fourth-order valence-electron chi connectivity index (χ4n) is 4.62. The second-order valence-corrected chi connectivity index (χ2v) is 8.47. The van der Waals surface area contributed by atoms with Gasteiger partial charge in [0.15, 0.2) is 5.76 Å². The van der Waals surface area contributed by atoms with Crippen LogP contribution in [0.2, 0.25) is 0 Å². The van der Waals surface area contributed by atoms with Crippen molar-refractivity contribution in [2.75, 3.05) is 13.6 Å². The molecule has 1 saturated carbocycles. The second-order valence-electron chi connectivity index (χ2n) is 8.47. The van der Waals surface area contributed by atoms with E-state index in [0.29, 0.717) is 24.6 Å². The van der Waals surface area contributed by atoms with E-state index < -0.39 is 6.09 Å². The summed E-state index contributed by atoms with van der Waals surface area (Å²) in [6, 6.07) is 11.3. The van der Waals surface area contributed by atoms with E-state index in [1.54, 1.807) is 11.1 Å². The number of amides is 3. The molecule has 2 bridgehead atoms. The lowest BCUT2D eigenvalue weighted by Crippen LogP contribution is -2.42. The predicted octanol–water partition coefficient (Wildman–Crippen LogP) is 3.25. The van der Waals surface area contributed by atoms with Gasteiger partial charge in [0, 0.05) is 19.7 Å². The number of fused-ring (bicyclic) bond motifs is 3. The number of hydrogen-bond donors (Lipinski definition) is 1. The molecule has 0 unspecified atom stereocenters. The minimum absolute atomic E-state index is 0.0504. The van der Waals surface area contributed by atoms with E-state index in [1.807, 2.05) is 35.2 Å². The van der Waals surface area contributed by atoms with Crippen molar-refractivity contribution < 1.29 is 24.1 Å². The zero-order valence-corrected chi connectivity index (χ0v) is 16.7. The van der Waals surface area contributed by atoms with Crippen molar-refractivity contribution in [2.45, 2.75) is 44.5 Å². The van der Waals surface area contributed by atoms with Gasteiger partial charge in [0.05, 0.1) is 18.6 Å². The van der Waals surface area contributed by atoms with Gasteiger partial charge in [-0.25, -0.2) is 9.59 Å². The number of carbonyl (C=O) groups excluding carboxylic acids is 1. The Kier molecular flexibility index (Phi) is 4.43. The molecule has 1 aromatic heterocycles. The van der Waals surface area contributed by atoms with Gasteiger partial charge in [-0.1, -0.05) is 35.5 Å². The first-order valence-corrected chi connectivity index (χ1v) is 10.1. The number of urea groups is 1. The smallest absolute Gasteiger partial charge is 0.407 e. The SMILES string of the molecule is CN(Cc1cc([C@@H]2CC3(CC3)[C@@H]3CN2C(=O)N3OCc2ccccc2)no1)C(=O)O. The molecule has 9 nitrogen and oxygen atoms in total. The highest BCUT2D eigenvalue weighted by molar-refractivity contribution is 5.77. The van der Waals surface area contributed by atoms with E-state index in [-0.39, 0.29) is 30.1 Å². The van der Waals surface area contributed by atoms with Crippen molar-refractivity contribution in [3.8, 4) is 0 Å². The summed E-state index contributed by atoms with van der Waals surface area (Å²) >= 11 is 0. The lowest BCUT2D eigenvalue weighted by atomic mass is 9.84. The molecule has 2 aliphatic heterocycles. The lowest BCUT2D eigenvalue weighted by molar-refractivity contribution is -0.153. The minimum atomic E-state index is -1.04. The van der Waals surface area contributed by atoms with Crippen molar-refractivity contribution in [1.29, 1.82) is 0 Å². The summed E-state index contributed by atoms with van der Waals surface area (Å²) in [6.07, 6.45) is 1.90. The summed E-state index contributed by atoms with van der Waals surface area (Å²) in [4.78, 5) is 33.1. The van der Waals surface area contributed by atoms with E-state index in [4.69, 9.17) is 14.5 Å². The first kappa shape index (κ1) is 18.9. The molecular formula is C21H24N4O5. The van der Waals surface area contributed by atoms with Crippen molar-refractivity contribution in [1.82, 2.24) is 20.0 Å². The van der Waals surface area contributed by atoms with Crippen LogP contribution in [0.5, 0.6) is 0 Å². The summed E-state index contributed by atoms with van der Waals surface area (Å²) in [5, 5.41) is 14.8. The van der Waals surface area contributed by atoms with E-state index in [2.05, 4.69) is 5.16 Å². The summed E-state index contributed by atoms with van der Waals surface area (Å²) in [7, 11) is 1.47. The summed E-state index contributed by atoms with van der Waals surface area (Å²) < 4.78 is 5.36. The number of rotatable bonds is 6. The van der Waals surface area contributed by atoms with Crippen molar-refractivity contribution in [2.24, 2.45) is 5.41 Å². The third-order valence-corrected chi connectivity index (χ3v) is 6.51. The van der Waals surface area contributed by atoms with Gasteiger partial charge in [0.2, 0.25) is 0 Å². The fourth-order valence-corrected chi connectivity index (χ4v) is 4.62. The lowest BCUT2D eigenvalue weighted by Gasteiger charge is -2.35. The number of carbonyl (C=O) groups is 2. The number of hydrogen-bond acceptors (Lipinski definition) is 5. The highest BCUT2D eigenvalue weighted by Crippen LogP contribution is 2.61. The Morgan fingerprint density at radius 2 is 2.13 bits per heavy atom. The van der Waals surface area contributed by atoms with Crippen LogP contribution in [0.4, 0.5) is 9.59 Å². The first-order valence-electron chi connectivity index (χ1n) is 10.1. The molecule has 30 heavy (non-hydrogen) atoms. The number of nitrogens with zero attached hydrogens (tertiary/aromatic N) is 4. The predicted molar refractivity (Wildman–Crippen MR) is 104 cm³/mol. The van der Waals surface area contributed by atoms with Crippen molar-refractivity contribution >= 4 is 12.1 Å². The van der Waals surface area contributed by atoms with Crippen LogP contribution in [0.3, 0.4) is 0 Å². The van der Waals surface area contributed by atoms with Crippen LogP contribution in [0.1, 0.15) is 42.3 Å². The minimum Gasteiger partial charge on any atom is -0.465 e. The van der Waals surface area contributed by atoms with Crippen molar-refractivity contribution in [3.63, 3.8) is 0 Å². The molecule has 1 spiro atoms. The molecule has 3 fully saturated rings. The van der Waals surface area contributed by atoms with Gasteiger partial charge in [0.25, 0.3) is 0 Å². The van der Waals surface area contributed by atoms with Crippen LogP contribution < -0.4 is 0 Å². The normalized spacial score (nSPS) is 23.8. The van der Waals surface area contributed by atoms with Gasteiger partial charge < -0.3 is 19.4 Å². The summed E-state index contributed by atoms with van der Waals surface area (Å²) in [5.74, 6) is 0.464. The quantitative estimate of drug-likeness (QED) is 0.782. The Balaban J connectivity index is 1.33. The van der Waals surface area contributed by atoms with Crippen molar-refractivity contribution in [3.05, 3.63) is 53.4 Å². The molecule has 1 aromatic carbocycles. The number of aromatic nitrogens is 1. The number of benzene rings is 1. The molecule has 3 heterocycles. The molecule has 2 saturated heterocycles. The molecule has 1 N–H and O–H groups in total. The standard InChI is InChI=1S/C21H24N4O5/c1-23(20(27)28)11-15-9-16(22-30-15)17-10-21(7-8-21)18-12-24(17)19(26)25(18)29-13-14-5-3-2-4-6-14/h2-6,9,17-18H,7-8,10-13H2,1H3,(H,27,28)/t17-,18-/m0/s1. The Hall–Kier alpha value is -3.07. The molecule has 2 atom stereocenters. The Labute approximate surface area is 173 Å². The molecule has 158 valence electrons. The van der Waals surface area contributed by atoms with Crippen LogP contribution in [0.25, 0.3) is 0 Å². The number of piperidine rings is 1. The van der Waals surface area contributed by atoms with Crippen LogP contribution in [0.15, 0.2) is 40.9 Å². The highest BCUT2D eigenvalue weighted by atomic mass is 16.7. The van der Waals surface area contributed by atoms with E-state index in [9.17, 15) is 9.59 Å². The molecule has 0 radical (unpaired) electrons. The topological polar surface area (TPSA) is 99.4 Å². The Morgan fingerprint density at radius 3 is 2.83 bits per heavy atom. The summed E-state index contributed by atoms with van der Waals surface area (Å²) in [6.45, 7) is 1.08. The van der Waals surface area contributed by atoms with E-state index >= 15 is 0 Å². The van der Waals surface area contributed by atoms with E-state index in [0.717, 1.165) is 29.7 Å². The van der Waals surface area contributed by atoms with Gasteiger partial charge in [-0.3, -0.25) is 4.84 Å².